The molecule has 82 heavy (non-hydrogen) atoms. The van der Waals surface area contributed by atoms with E-state index in [9.17, 15) is 56.7 Å². The summed E-state index contributed by atoms with van der Waals surface area (Å²) < 4.78 is 41.1. The lowest BCUT2D eigenvalue weighted by atomic mass is 9.98. The molecule has 430 valence electrons. The molecule has 4 aliphatic rings. The van der Waals surface area contributed by atoms with E-state index in [0.717, 1.165) is 60.6 Å². The molecule has 0 bridgehead atoms. The van der Waals surface area contributed by atoms with Gasteiger partial charge in [-0.3, -0.25) is 48.2 Å². The van der Waals surface area contributed by atoms with Crippen molar-refractivity contribution in [2.45, 2.75) is 126 Å². The van der Waals surface area contributed by atoms with Crippen LogP contribution in [0.15, 0.2) is 103 Å². The largest absolute Gasteiger partial charge is 0.399 e. The summed E-state index contributed by atoms with van der Waals surface area (Å²) in [5.74, 6) is 2.05. The Bertz CT molecular complexity index is 3340. The van der Waals surface area contributed by atoms with Gasteiger partial charge in [-0.1, -0.05) is 97.5 Å². The third-order valence-corrected chi connectivity index (χ3v) is 16.6. The van der Waals surface area contributed by atoms with Crippen LogP contribution in [0.4, 0.5) is 8.78 Å². The van der Waals surface area contributed by atoms with Crippen LogP contribution in [0, 0.1) is 11.8 Å². The average molecular weight is 1140 g/mol. The first-order chi connectivity index (χ1) is 39.3. The molecule has 0 saturated carbocycles. The zero-order chi connectivity index (χ0) is 58.3. The second-order valence-electron chi connectivity index (χ2n) is 21.2. The average Bonchev–Trinajstić information content (AvgIpc) is 4.38. The first-order valence-electron chi connectivity index (χ1n) is 27.4. The summed E-state index contributed by atoms with van der Waals surface area (Å²) in [5, 5.41) is 11.1. The molecule has 3 fully saturated rings. The van der Waals surface area contributed by atoms with Crippen LogP contribution in [0.3, 0.4) is 0 Å². The predicted molar refractivity (Wildman–Crippen MR) is 296 cm³/mol. The van der Waals surface area contributed by atoms with Crippen LogP contribution >= 0.6 is 7.60 Å². The van der Waals surface area contributed by atoms with E-state index in [1.54, 1.807) is 12.1 Å². The second-order valence-corrected chi connectivity index (χ2v) is 22.9. The first-order valence-corrected chi connectivity index (χ1v) is 29.0. The van der Waals surface area contributed by atoms with Gasteiger partial charge in [0.1, 0.15) is 29.9 Å². The Kier molecular flexibility index (Phi) is 18.1. The molecule has 5 unspecified atom stereocenters. The third-order valence-electron chi connectivity index (χ3n) is 15.7. The van der Waals surface area contributed by atoms with Crippen LogP contribution in [0.1, 0.15) is 132 Å². The smallest absolute Gasteiger partial charge is 0.370 e. The van der Waals surface area contributed by atoms with Crippen LogP contribution < -0.4 is 27.0 Å². The van der Waals surface area contributed by atoms with E-state index in [-0.39, 0.29) is 73.6 Å². The van der Waals surface area contributed by atoms with Crippen molar-refractivity contribution in [1.82, 2.24) is 41.0 Å². The minimum Gasteiger partial charge on any atom is -0.370 e. The number of primary amides is 1. The quantitative estimate of drug-likeness (QED) is 0.0222. The number of nitrogens with two attached hydrogens (primary N) is 1. The number of piperidine rings is 1. The number of aromatic amines is 1. The SMILES string of the molecule is NC(=O)CCC(NC(=O)C1CCC2CCN(CCCCCCC#Cc3cccc4c3CN(C3CCC(=O)NC3=O)C4=O)CC(NC(=O)c3cc4cc(C(F)(F)P(=O)(O)O)ccc4[nH]3)C(=O)N21)C(=O)NC(c1ccccc1)c1ccccc1. The number of benzene rings is 4. The summed E-state index contributed by atoms with van der Waals surface area (Å²) in [7, 11) is -5.90. The molecule has 0 spiro atoms. The Morgan fingerprint density at radius 3 is 2.26 bits per heavy atom. The number of amides is 8. The lowest BCUT2D eigenvalue weighted by Gasteiger charge is -2.39. The molecule has 4 aliphatic heterocycles. The van der Waals surface area contributed by atoms with Gasteiger partial charge in [-0.2, -0.15) is 8.78 Å². The number of rotatable bonds is 20. The number of fused-ring (bicyclic) bond motifs is 3. The molecule has 5 aromatic rings. The molecule has 5 heterocycles. The highest BCUT2D eigenvalue weighted by Crippen LogP contribution is 2.59. The molecule has 1 aromatic heterocycles. The maximum atomic E-state index is 15.0. The minimum atomic E-state index is -5.90. The van der Waals surface area contributed by atoms with E-state index in [4.69, 9.17) is 5.73 Å². The van der Waals surface area contributed by atoms with Gasteiger partial charge < -0.3 is 51.2 Å². The van der Waals surface area contributed by atoms with Crippen molar-refractivity contribution in [2.24, 2.45) is 5.73 Å². The fourth-order valence-electron chi connectivity index (χ4n) is 11.3. The summed E-state index contributed by atoms with van der Waals surface area (Å²) >= 11 is 0. The van der Waals surface area contributed by atoms with Crippen molar-refractivity contribution < 1.29 is 61.5 Å². The van der Waals surface area contributed by atoms with Gasteiger partial charge in [0.15, 0.2) is 0 Å². The Morgan fingerprint density at radius 2 is 1.56 bits per heavy atom. The number of alkyl halides is 2. The highest BCUT2D eigenvalue weighted by molar-refractivity contribution is 7.52. The molecule has 3 saturated heterocycles. The lowest BCUT2D eigenvalue weighted by Crippen LogP contribution is -2.61. The van der Waals surface area contributed by atoms with Gasteiger partial charge in [0, 0.05) is 72.5 Å². The summed E-state index contributed by atoms with van der Waals surface area (Å²) in [6.45, 7) is 1.28. The molecule has 9 N–H and O–H groups in total. The predicted octanol–water partition coefficient (Wildman–Crippen LogP) is 4.98. The molecule has 23 heteroatoms. The van der Waals surface area contributed by atoms with Crippen molar-refractivity contribution >= 4 is 65.8 Å². The number of halogens is 2. The fraction of sp³-hybridized carbons (Fsp3) is 0.390. The summed E-state index contributed by atoms with van der Waals surface area (Å²) in [6, 6.07) is 22.5. The van der Waals surface area contributed by atoms with Gasteiger partial charge in [0.2, 0.25) is 35.4 Å². The number of H-pyrrole nitrogens is 1. The lowest BCUT2D eigenvalue weighted by molar-refractivity contribution is -0.144. The normalized spacial score (nSPS) is 19.8. The van der Waals surface area contributed by atoms with Crippen molar-refractivity contribution in [3.8, 4) is 11.8 Å². The van der Waals surface area contributed by atoms with Gasteiger partial charge in [0.25, 0.3) is 11.8 Å². The van der Waals surface area contributed by atoms with Crippen molar-refractivity contribution in [2.75, 3.05) is 19.6 Å². The molecule has 0 aliphatic carbocycles. The van der Waals surface area contributed by atoms with Crippen LogP contribution in [0.25, 0.3) is 10.9 Å². The van der Waals surface area contributed by atoms with E-state index < -0.39 is 90.5 Å². The Hall–Kier alpha value is -8.09. The number of nitrogens with zero attached hydrogens (tertiary/aromatic N) is 3. The monoisotopic (exact) mass is 1140 g/mol. The minimum absolute atomic E-state index is 0.0291. The fourth-order valence-corrected chi connectivity index (χ4v) is 11.8. The zero-order valence-electron chi connectivity index (χ0n) is 44.8. The zero-order valence-corrected chi connectivity index (χ0v) is 45.7. The molecule has 4 aromatic carbocycles. The van der Waals surface area contributed by atoms with E-state index in [2.05, 4.69) is 43.0 Å². The van der Waals surface area contributed by atoms with Gasteiger partial charge in [-0.25, -0.2) is 0 Å². The maximum absolute atomic E-state index is 15.0. The van der Waals surface area contributed by atoms with Gasteiger partial charge in [-0.15, -0.1) is 0 Å². The van der Waals surface area contributed by atoms with Gasteiger partial charge >= 0.3 is 13.3 Å². The van der Waals surface area contributed by atoms with Crippen LogP contribution in [-0.2, 0) is 45.5 Å². The van der Waals surface area contributed by atoms with Crippen molar-refractivity contribution in [3.63, 3.8) is 0 Å². The maximum Gasteiger partial charge on any atom is 0.399 e. The number of aromatic nitrogens is 1. The molecular formula is C59H64F2N9O11P. The van der Waals surface area contributed by atoms with Crippen LogP contribution in [0.2, 0.25) is 0 Å². The van der Waals surface area contributed by atoms with E-state index >= 15 is 4.79 Å². The van der Waals surface area contributed by atoms with Gasteiger partial charge in [-0.05, 0) is 98.5 Å². The number of imide groups is 1. The molecule has 8 amide bonds. The molecule has 5 atom stereocenters. The summed E-state index contributed by atoms with van der Waals surface area (Å²) in [6.07, 6.45) is 4.87. The third kappa shape index (κ3) is 13.3. The van der Waals surface area contributed by atoms with Gasteiger partial charge in [0.05, 0.1) is 6.04 Å². The second kappa shape index (κ2) is 25.4. The number of nitrogens with one attached hydrogen (secondary N) is 5. The number of hydrogen-bond donors (Lipinski definition) is 8. The van der Waals surface area contributed by atoms with E-state index in [1.165, 1.54) is 15.9 Å². The topological polar surface area (TPSA) is 294 Å². The van der Waals surface area contributed by atoms with Crippen LogP contribution in [0.5, 0.6) is 0 Å². The Labute approximate surface area is 471 Å². The Balaban J connectivity index is 0.874. The summed E-state index contributed by atoms with van der Waals surface area (Å²) in [4.78, 5) is 134. The molecule has 9 rings (SSSR count). The van der Waals surface area contributed by atoms with Crippen LogP contribution in [-0.4, -0.2) is 127 Å². The number of unbranched alkanes of at least 4 members (excludes halogenated alkanes) is 4. The standard InChI is InChI=1S/C59H64F2N9O11P/c60-59(61,82(79,80)81)40-21-23-44-39(32-40)33-46(63-44)54(74)65-47-35-68(30-12-4-2-1-3-7-14-36-19-13-20-42-43(36)34-69(57(42)77)48-26-28-51(72)66-55(48)75)31-29-41-22-25-49(70(41)58(47)78)56(76)64-45(24-27-50(62)71)53(73)67-52(37-15-8-5-9-16-37)38-17-10-6-11-18-38/h5-6,8-11,13,15-21,23,32-33,41,45,47-49,52,63H,1-4,12,22,24-31,34-35H2,(H2,62,71)(H,64,76)(H,65,74)(H,67,73)(H,66,72,75)(H2,79,80,81). The van der Waals surface area contributed by atoms with E-state index in [1.807, 2.05) is 66.7 Å². The number of carbonyl (C=O) groups is 8. The molecular weight excluding hydrogens is 1080 g/mol. The highest BCUT2D eigenvalue weighted by Gasteiger charge is 2.51. The summed E-state index contributed by atoms with van der Waals surface area (Å²) in [5.41, 5.74) is 3.63. The van der Waals surface area contributed by atoms with E-state index in [0.29, 0.717) is 43.5 Å². The number of carbonyl (C=O) groups excluding carboxylic acids is 8. The highest BCUT2D eigenvalue weighted by atomic mass is 31.2. The Morgan fingerprint density at radius 1 is 0.841 bits per heavy atom. The number of hydrogen-bond acceptors (Lipinski definition) is 10. The first kappa shape index (κ1) is 58.6. The molecule has 0 radical (unpaired) electrons. The van der Waals surface area contributed by atoms with Crippen molar-refractivity contribution in [1.29, 1.82) is 0 Å². The van der Waals surface area contributed by atoms with Crippen molar-refractivity contribution in [3.05, 3.63) is 142 Å². The molecule has 20 nitrogen and oxygen atoms in total.